The van der Waals surface area contributed by atoms with Gasteiger partial charge >= 0.3 is 0 Å². The van der Waals surface area contributed by atoms with Gasteiger partial charge in [0.25, 0.3) is 0 Å². The van der Waals surface area contributed by atoms with Crippen LogP contribution in [0, 0.1) is 11.7 Å². The predicted molar refractivity (Wildman–Crippen MR) is 111 cm³/mol. The molecule has 156 valence electrons. The highest BCUT2D eigenvalue weighted by molar-refractivity contribution is 5.94. The first-order chi connectivity index (χ1) is 13.7. The van der Waals surface area contributed by atoms with E-state index in [0.29, 0.717) is 30.5 Å². The second kappa shape index (κ2) is 8.49. The molecule has 2 aliphatic rings. The van der Waals surface area contributed by atoms with Crippen molar-refractivity contribution in [1.29, 1.82) is 0 Å². The zero-order chi connectivity index (χ0) is 21.3. The molecule has 6 heteroatoms. The lowest BCUT2D eigenvalue weighted by Crippen LogP contribution is -2.48. The summed E-state index contributed by atoms with van der Waals surface area (Å²) in [5.74, 6) is -0.978. The zero-order valence-electron chi connectivity index (χ0n) is 17.5. The Morgan fingerprint density at radius 3 is 2.69 bits per heavy atom. The molecular formula is C23H29FN2O3. The molecule has 2 amide bonds. The van der Waals surface area contributed by atoms with Crippen molar-refractivity contribution in [2.75, 3.05) is 4.90 Å². The third-order valence-corrected chi connectivity index (χ3v) is 5.67. The molecule has 1 aliphatic carbocycles. The summed E-state index contributed by atoms with van der Waals surface area (Å²) in [4.78, 5) is 26.0. The van der Waals surface area contributed by atoms with Gasteiger partial charge < -0.3 is 10.4 Å². The quantitative estimate of drug-likeness (QED) is 0.811. The number of hydrogen-bond acceptors (Lipinski definition) is 3. The molecule has 0 saturated carbocycles. The Bertz CT molecular complexity index is 888. The number of fused-ring (bicyclic) bond motifs is 1. The molecule has 29 heavy (non-hydrogen) atoms. The third-order valence-electron chi connectivity index (χ3n) is 5.67. The van der Waals surface area contributed by atoms with Crippen molar-refractivity contribution in [2.45, 2.75) is 65.6 Å². The number of halogens is 1. The molecule has 1 aromatic carbocycles. The highest BCUT2D eigenvalue weighted by Crippen LogP contribution is 2.38. The van der Waals surface area contributed by atoms with E-state index in [4.69, 9.17) is 0 Å². The number of nitrogens with one attached hydrogen (secondary N) is 1. The molecule has 2 N–H and O–H groups in total. The zero-order valence-corrected chi connectivity index (χ0v) is 17.5. The van der Waals surface area contributed by atoms with Crippen LogP contribution in [0.5, 0.6) is 0 Å². The number of rotatable bonds is 4. The number of anilines is 1. The van der Waals surface area contributed by atoms with E-state index in [9.17, 15) is 19.1 Å². The number of carbonyl (C=O) groups is 2. The maximum absolute atomic E-state index is 13.8. The Balaban J connectivity index is 1.88. The minimum absolute atomic E-state index is 0.0630. The molecule has 2 atom stereocenters. The van der Waals surface area contributed by atoms with Crippen LogP contribution in [-0.4, -0.2) is 29.2 Å². The minimum Gasteiger partial charge on any atom is -0.373 e. The van der Waals surface area contributed by atoms with Crippen LogP contribution < -0.4 is 10.2 Å². The number of hydrogen-bond donors (Lipinski definition) is 2. The second-order valence-corrected chi connectivity index (χ2v) is 8.35. The summed E-state index contributed by atoms with van der Waals surface area (Å²) in [5, 5.41) is 13.8. The fourth-order valence-corrected chi connectivity index (χ4v) is 4.17. The van der Waals surface area contributed by atoms with Crippen LogP contribution in [0.4, 0.5) is 10.1 Å². The van der Waals surface area contributed by atoms with Crippen molar-refractivity contribution in [3.05, 3.63) is 52.4 Å². The maximum Gasteiger partial charge on any atom is 0.247 e. The van der Waals surface area contributed by atoms with E-state index in [-0.39, 0.29) is 29.6 Å². The van der Waals surface area contributed by atoms with E-state index in [0.717, 1.165) is 17.6 Å². The third kappa shape index (κ3) is 4.58. The smallest absolute Gasteiger partial charge is 0.247 e. The lowest BCUT2D eigenvalue weighted by Gasteiger charge is -2.39. The van der Waals surface area contributed by atoms with Gasteiger partial charge in [-0.1, -0.05) is 11.6 Å². The van der Waals surface area contributed by atoms with E-state index in [1.807, 2.05) is 26.8 Å². The van der Waals surface area contributed by atoms with Gasteiger partial charge in [0.15, 0.2) is 0 Å². The molecule has 0 bridgehead atoms. The van der Waals surface area contributed by atoms with Crippen molar-refractivity contribution in [1.82, 2.24) is 5.32 Å². The van der Waals surface area contributed by atoms with Crippen LogP contribution in [0.15, 0.2) is 41.0 Å². The molecular weight excluding hydrogens is 371 g/mol. The summed E-state index contributed by atoms with van der Waals surface area (Å²) in [7, 11) is 0. The van der Waals surface area contributed by atoms with Crippen LogP contribution in [-0.2, 0) is 16.0 Å². The van der Waals surface area contributed by atoms with Gasteiger partial charge in [-0.25, -0.2) is 4.39 Å². The van der Waals surface area contributed by atoms with Gasteiger partial charge in [0.1, 0.15) is 12.0 Å². The maximum atomic E-state index is 13.8. The predicted octanol–water partition coefficient (Wildman–Crippen LogP) is 3.62. The van der Waals surface area contributed by atoms with Gasteiger partial charge in [-0.05, 0) is 75.8 Å². The summed E-state index contributed by atoms with van der Waals surface area (Å²) >= 11 is 0. The van der Waals surface area contributed by atoms with Crippen molar-refractivity contribution < 1.29 is 19.1 Å². The highest BCUT2D eigenvalue weighted by Gasteiger charge is 2.36. The number of benzene rings is 1. The van der Waals surface area contributed by atoms with E-state index < -0.39 is 6.23 Å². The molecule has 0 unspecified atom stereocenters. The molecule has 0 spiro atoms. The molecule has 0 saturated heterocycles. The summed E-state index contributed by atoms with van der Waals surface area (Å²) in [6.07, 6.45) is 3.39. The van der Waals surface area contributed by atoms with Crippen LogP contribution in [0.25, 0.3) is 0 Å². The fourth-order valence-electron chi connectivity index (χ4n) is 4.17. The first kappa shape index (κ1) is 21.2. The van der Waals surface area contributed by atoms with Gasteiger partial charge in [0.05, 0.1) is 0 Å². The Morgan fingerprint density at radius 1 is 1.31 bits per heavy atom. The number of amides is 2. The van der Waals surface area contributed by atoms with Crippen LogP contribution in [0.1, 0.15) is 52.5 Å². The molecule has 3 rings (SSSR count). The topological polar surface area (TPSA) is 69.6 Å². The Kier molecular flexibility index (Phi) is 6.22. The summed E-state index contributed by atoms with van der Waals surface area (Å²) in [5.41, 5.74) is 4.20. The van der Waals surface area contributed by atoms with Crippen LogP contribution in [0.3, 0.4) is 0 Å². The molecule has 0 fully saturated rings. The van der Waals surface area contributed by atoms with Gasteiger partial charge in [0, 0.05) is 30.1 Å². The molecule has 1 aromatic rings. The van der Waals surface area contributed by atoms with Gasteiger partial charge in [-0.2, -0.15) is 0 Å². The molecule has 0 aromatic heterocycles. The minimum atomic E-state index is -0.992. The van der Waals surface area contributed by atoms with Crippen molar-refractivity contribution in [3.8, 4) is 0 Å². The number of aliphatic hydroxyl groups is 1. The lowest BCUT2D eigenvalue weighted by molar-refractivity contribution is -0.119. The van der Waals surface area contributed by atoms with Gasteiger partial charge in [0.2, 0.25) is 11.8 Å². The monoisotopic (exact) mass is 400 g/mol. The fraction of sp³-hybridized carbons (Fsp3) is 0.478. The molecule has 5 nitrogen and oxygen atoms in total. The van der Waals surface area contributed by atoms with Crippen molar-refractivity contribution in [2.24, 2.45) is 5.92 Å². The van der Waals surface area contributed by atoms with E-state index >= 15 is 0 Å². The largest absolute Gasteiger partial charge is 0.373 e. The average molecular weight is 400 g/mol. The normalized spacial score (nSPS) is 21.8. The Hall–Kier alpha value is -2.47. The van der Waals surface area contributed by atoms with Crippen LogP contribution in [0.2, 0.25) is 0 Å². The summed E-state index contributed by atoms with van der Waals surface area (Å²) in [6, 6.07) is 4.35. The van der Waals surface area contributed by atoms with E-state index in [1.165, 1.54) is 29.5 Å². The standard InChI is InChI=1S/C23H29FN2O3/c1-13(2)25-22(28)16-6-5-14(3)17(9-16)10-19-11-18-12-20(24)7-8-21(18)26(15(4)27)23(19)29/h7-9,12-13,19,23,29H,5-6,10-11H2,1-4H3,(H,25,28)/t19-,23+/m1/s1. The first-order valence-electron chi connectivity index (χ1n) is 10.1. The van der Waals surface area contributed by atoms with Crippen molar-refractivity contribution in [3.63, 3.8) is 0 Å². The molecule has 1 heterocycles. The Labute approximate surface area is 171 Å². The second-order valence-electron chi connectivity index (χ2n) is 8.35. The highest BCUT2D eigenvalue weighted by atomic mass is 19.1. The number of carbonyl (C=O) groups excluding carboxylic acids is 2. The number of nitrogens with zero attached hydrogens (tertiary/aromatic N) is 1. The van der Waals surface area contributed by atoms with E-state index in [1.54, 1.807) is 6.07 Å². The first-order valence-corrected chi connectivity index (χ1v) is 10.1. The molecule has 1 aliphatic heterocycles. The SMILES string of the molecule is CC(=O)N1c2ccc(F)cc2C[C@@H](CC2=C(C)CCC(C(=O)NC(C)C)=C2)[C@@H]1O. The number of aliphatic hydroxyl groups excluding tert-OH is 1. The van der Waals surface area contributed by atoms with Gasteiger partial charge in [-0.15, -0.1) is 0 Å². The number of allylic oxidation sites excluding steroid dienone is 3. The molecule has 0 radical (unpaired) electrons. The summed E-state index contributed by atoms with van der Waals surface area (Å²) in [6.45, 7) is 7.29. The van der Waals surface area contributed by atoms with Gasteiger partial charge in [-0.3, -0.25) is 14.5 Å². The lowest BCUT2D eigenvalue weighted by atomic mass is 9.82. The van der Waals surface area contributed by atoms with Crippen molar-refractivity contribution >= 4 is 17.5 Å². The Morgan fingerprint density at radius 2 is 2.03 bits per heavy atom. The average Bonchev–Trinajstić information content (AvgIpc) is 2.63. The summed E-state index contributed by atoms with van der Waals surface area (Å²) < 4.78 is 13.8. The van der Waals surface area contributed by atoms with E-state index in [2.05, 4.69) is 5.32 Å². The van der Waals surface area contributed by atoms with Crippen LogP contribution >= 0.6 is 0 Å².